The summed E-state index contributed by atoms with van der Waals surface area (Å²) in [6.45, 7) is 0. The van der Waals surface area contributed by atoms with Crippen molar-refractivity contribution in [2.45, 2.75) is 0 Å². The van der Waals surface area contributed by atoms with Gasteiger partial charge in [-0.2, -0.15) is 0 Å². The van der Waals surface area contributed by atoms with E-state index in [0.717, 1.165) is 0 Å². The van der Waals surface area contributed by atoms with Crippen LogP contribution in [0.5, 0.6) is 0 Å². The summed E-state index contributed by atoms with van der Waals surface area (Å²) in [5.74, 6) is 0. The number of hydrogen-bond acceptors (Lipinski definition) is 1. The molecule has 1 heterocycles. The minimum absolute atomic E-state index is 1.18. The molecule has 0 aliphatic rings. The fraction of sp³-hybridized carbons (Fsp3) is 0. The van der Waals surface area contributed by atoms with Crippen molar-refractivity contribution in [3.63, 3.8) is 0 Å². The monoisotopic (exact) mass is 338 g/mol. The van der Waals surface area contributed by atoms with Crippen LogP contribution in [-0.4, -0.2) is 0 Å². The van der Waals surface area contributed by atoms with Crippen molar-refractivity contribution in [2.24, 2.45) is 0 Å². The van der Waals surface area contributed by atoms with Crippen LogP contribution in [0, 0.1) is 0 Å². The van der Waals surface area contributed by atoms with Gasteiger partial charge in [-0.1, -0.05) is 48.5 Å². The number of thiophene rings is 1. The standard InChI is InChI=1S/C18H11BrS/c19-16-8-4-7-14-15-11-13(12-5-2-1-3-6-12)9-10-17(15)20-18(14)16/h1-11H. The van der Waals surface area contributed by atoms with Gasteiger partial charge in [-0.05, 0) is 45.3 Å². The zero-order valence-corrected chi connectivity index (χ0v) is 13.0. The van der Waals surface area contributed by atoms with Gasteiger partial charge in [0.05, 0.1) is 0 Å². The summed E-state index contributed by atoms with van der Waals surface area (Å²) in [6.07, 6.45) is 0. The van der Waals surface area contributed by atoms with Crippen LogP contribution in [0.1, 0.15) is 0 Å². The Morgan fingerprint density at radius 3 is 2.40 bits per heavy atom. The fourth-order valence-electron chi connectivity index (χ4n) is 2.57. The molecule has 0 bridgehead atoms. The summed E-state index contributed by atoms with van der Waals surface area (Å²) in [7, 11) is 0. The minimum atomic E-state index is 1.18. The number of rotatable bonds is 1. The van der Waals surface area contributed by atoms with Crippen LogP contribution in [0.25, 0.3) is 31.3 Å². The molecule has 0 spiro atoms. The second kappa shape index (κ2) is 4.72. The maximum Gasteiger partial charge on any atom is 0.0497 e. The number of halogens is 1. The van der Waals surface area contributed by atoms with Crippen LogP contribution in [0.15, 0.2) is 71.2 Å². The molecule has 0 aliphatic carbocycles. The summed E-state index contributed by atoms with van der Waals surface area (Å²) in [6, 6.07) is 23.7. The first-order valence-corrected chi connectivity index (χ1v) is 8.10. The summed E-state index contributed by atoms with van der Waals surface area (Å²) >= 11 is 5.49. The Balaban J connectivity index is 2.04. The Labute approximate surface area is 129 Å². The predicted molar refractivity (Wildman–Crippen MR) is 92.5 cm³/mol. The lowest BCUT2D eigenvalue weighted by Gasteiger charge is -2.01. The first-order chi connectivity index (χ1) is 9.83. The quantitative estimate of drug-likeness (QED) is 0.372. The molecule has 4 aromatic rings. The Bertz CT molecular complexity index is 907. The molecule has 0 N–H and O–H groups in total. The molecule has 0 radical (unpaired) electrons. The Kier molecular flexibility index (Phi) is 2.86. The maximum absolute atomic E-state index is 3.65. The van der Waals surface area contributed by atoms with Crippen LogP contribution in [0.3, 0.4) is 0 Å². The third-order valence-electron chi connectivity index (χ3n) is 3.56. The van der Waals surface area contributed by atoms with E-state index in [1.54, 1.807) is 0 Å². The first kappa shape index (κ1) is 12.1. The van der Waals surface area contributed by atoms with Gasteiger partial charge in [0, 0.05) is 24.6 Å². The second-order valence-electron chi connectivity index (χ2n) is 4.80. The molecular formula is C18H11BrS. The van der Waals surface area contributed by atoms with Crippen LogP contribution >= 0.6 is 27.3 Å². The van der Waals surface area contributed by atoms with Crippen molar-refractivity contribution in [1.29, 1.82) is 0 Å². The summed E-state index contributed by atoms with van der Waals surface area (Å²) in [5, 5.41) is 2.67. The van der Waals surface area contributed by atoms with Crippen LogP contribution in [0.2, 0.25) is 0 Å². The van der Waals surface area contributed by atoms with Crippen LogP contribution in [-0.2, 0) is 0 Å². The van der Waals surface area contributed by atoms with E-state index in [2.05, 4.69) is 82.7 Å². The molecule has 2 heteroatoms. The molecule has 0 fully saturated rings. The molecule has 0 aliphatic heterocycles. The molecule has 0 nitrogen and oxygen atoms in total. The van der Waals surface area contributed by atoms with Crippen molar-refractivity contribution in [1.82, 2.24) is 0 Å². The van der Waals surface area contributed by atoms with E-state index < -0.39 is 0 Å². The lowest BCUT2D eigenvalue weighted by molar-refractivity contribution is 1.66. The average Bonchev–Trinajstić information content (AvgIpc) is 2.88. The zero-order valence-electron chi connectivity index (χ0n) is 10.6. The van der Waals surface area contributed by atoms with Crippen LogP contribution in [0.4, 0.5) is 0 Å². The zero-order chi connectivity index (χ0) is 13.5. The van der Waals surface area contributed by atoms with Gasteiger partial charge in [-0.3, -0.25) is 0 Å². The topological polar surface area (TPSA) is 0 Å². The van der Waals surface area contributed by atoms with E-state index >= 15 is 0 Å². The van der Waals surface area contributed by atoms with Gasteiger partial charge in [0.25, 0.3) is 0 Å². The second-order valence-corrected chi connectivity index (χ2v) is 6.70. The van der Waals surface area contributed by atoms with Crippen molar-refractivity contribution in [3.8, 4) is 11.1 Å². The molecule has 1 aromatic heterocycles. The largest absolute Gasteiger partial charge is 0.134 e. The average molecular weight is 339 g/mol. The lowest BCUT2D eigenvalue weighted by atomic mass is 10.0. The van der Waals surface area contributed by atoms with Gasteiger partial charge >= 0.3 is 0 Å². The Morgan fingerprint density at radius 1 is 0.700 bits per heavy atom. The number of fused-ring (bicyclic) bond motifs is 3. The fourth-order valence-corrected chi connectivity index (χ4v) is 4.27. The van der Waals surface area contributed by atoms with Gasteiger partial charge in [-0.15, -0.1) is 11.3 Å². The summed E-state index contributed by atoms with van der Waals surface area (Å²) in [4.78, 5) is 0. The molecular weight excluding hydrogens is 328 g/mol. The molecule has 4 rings (SSSR count). The van der Waals surface area contributed by atoms with Crippen molar-refractivity contribution in [2.75, 3.05) is 0 Å². The molecule has 96 valence electrons. The highest BCUT2D eigenvalue weighted by atomic mass is 79.9. The van der Waals surface area contributed by atoms with E-state index in [1.165, 1.54) is 35.8 Å². The van der Waals surface area contributed by atoms with Crippen molar-refractivity contribution >= 4 is 47.4 Å². The normalized spacial score (nSPS) is 11.2. The maximum atomic E-state index is 3.65. The molecule has 3 aromatic carbocycles. The summed E-state index contributed by atoms with van der Waals surface area (Å²) in [5.41, 5.74) is 2.54. The van der Waals surface area contributed by atoms with Crippen LogP contribution < -0.4 is 0 Å². The third kappa shape index (κ3) is 1.88. The van der Waals surface area contributed by atoms with Gasteiger partial charge in [-0.25, -0.2) is 0 Å². The number of hydrogen-bond donors (Lipinski definition) is 0. The molecule has 0 saturated carbocycles. The lowest BCUT2D eigenvalue weighted by Crippen LogP contribution is -1.76. The van der Waals surface area contributed by atoms with Gasteiger partial charge in [0.2, 0.25) is 0 Å². The van der Waals surface area contributed by atoms with E-state index in [1.807, 2.05) is 11.3 Å². The molecule has 0 saturated heterocycles. The smallest absolute Gasteiger partial charge is 0.0497 e. The van der Waals surface area contributed by atoms with Crippen molar-refractivity contribution < 1.29 is 0 Å². The first-order valence-electron chi connectivity index (χ1n) is 6.49. The van der Waals surface area contributed by atoms with Gasteiger partial charge < -0.3 is 0 Å². The SMILES string of the molecule is Brc1cccc2c1sc1ccc(-c3ccccc3)cc12. The summed E-state index contributed by atoms with van der Waals surface area (Å²) < 4.78 is 3.84. The van der Waals surface area contributed by atoms with E-state index in [4.69, 9.17) is 0 Å². The highest BCUT2D eigenvalue weighted by Gasteiger charge is 2.08. The van der Waals surface area contributed by atoms with Gasteiger partial charge in [0.15, 0.2) is 0 Å². The Morgan fingerprint density at radius 2 is 1.55 bits per heavy atom. The molecule has 0 amide bonds. The number of benzene rings is 3. The van der Waals surface area contributed by atoms with E-state index in [-0.39, 0.29) is 0 Å². The molecule has 0 unspecified atom stereocenters. The predicted octanol–water partition coefficient (Wildman–Crippen LogP) is 6.48. The minimum Gasteiger partial charge on any atom is -0.134 e. The Hall–Kier alpha value is -1.64. The van der Waals surface area contributed by atoms with Gasteiger partial charge in [0.1, 0.15) is 0 Å². The van der Waals surface area contributed by atoms with Crippen molar-refractivity contribution in [3.05, 3.63) is 71.2 Å². The van der Waals surface area contributed by atoms with E-state index in [9.17, 15) is 0 Å². The molecule has 20 heavy (non-hydrogen) atoms. The molecule has 0 atom stereocenters. The highest BCUT2D eigenvalue weighted by molar-refractivity contribution is 9.10. The van der Waals surface area contributed by atoms with E-state index in [0.29, 0.717) is 0 Å². The highest BCUT2D eigenvalue weighted by Crippen LogP contribution is 2.39. The third-order valence-corrected chi connectivity index (χ3v) is 5.70.